The van der Waals surface area contributed by atoms with Gasteiger partial charge in [0, 0.05) is 0 Å². The summed E-state index contributed by atoms with van der Waals surface area (Å²) in [7, 11) is 0. The van der Waals surface area contributed by atoms with Gasteiger partial charge >= 0.3 is 0 Å². The highest BCUT2D eigenvalue weighted by molar-refractivity contribution is 6.00. The van der Waals surface area contributed by atoms with Crippen molar-refractivity contribution in [1.29, 1.82) is 0 Å². The van der Waals surface area contributed by atoms with E-state index < -0.39 is 0 Å². The van der Waals surface area contributed by atoms with Crippen molar-refractivity contribution in [2.24, 2.45) is 5.92 Å². The van der Waals surface area contributed by atoms with Crippen molar-refractivity contribution in [2.45, 2.75) is 26.2 Å². The van der Waals surface area contributed by atoms with Crippen molar-refractivity contribution >= 4 is 5.78 Å². The molecule has 0 unspecified atom stereocenters. The second kappa shape index (κ2) is 4.12. The van der Waals surface area contributed by atoms with Gasteiger partial charge in [0.15, 0.2) is 5.78 Å². The predicted octanol–water partition coefficient (Wildman–Crippen LogP) is 2.49. The Morgan fingerprint density at radius 3 is 2.55 bits per heavy atom. The van der Waals surface area contributed by atoms with Crippen LogP contribution in [0.5, 0.6) is 0 Å². The van der Waals surface area contributed by atoms with Gasteiger partial charge < -0.3 is 0 Å². The number of allylic oxidation sites excluding steroid dienone is 4. The van der Waals surface area contributed by atoms with Crippen molar-refractivity contribution in [3.8, 4) is 0 Å². The summed E-state index contributed by atoms with van der Waals surface area (Å²) in [6.45, 7) is 2.18. The third-order valence-electron chi connectivity index (χ3n) is 1.91. The van der Waals surface area contributed by atoms with E-state index in [1.54, 1.807) is 12.2 Å². The molecule has 0 amide bonds. The van der Waals surface area contributed by atoms with E-state index >= 15 is 0 Å². The second-order valence-electron chi connectivity index (χ2n) is 2.93. The Hall–Kier alpha value is -0.850. The Morgan fingerprint density at radius 1 is 1.36 bits per heavy atom. The van der Waals surface area contributed by atoms with E-state index in [1.807, 2.05) is 12.2 Å². The molecule has 1 aliphatic rings. The van der Waals surface area contributed by atoms with E-state index in [9.17, 15) is 4.79 Å². The lowest BCUT2D eigenvalue weighted by Crippen LogP contribution is -2.00. The number of carbonyl (C=O) groups excluding carboxylic acids is 1. The van der Waals surface area contributed by atoms with Crippen molar-refractivity contribution in [3.63, 3.8) is 0 Å². The molecule has 0 aromatic rings. The van der Waals surface area contributed by atoms with Crippen LogP contribution < -0.4 is 0 Å². The Bertz CT molecular complexity index is 173. The van der Waals surface area contributed by atoms with E-state index in [1.165, 1.54) is 19.3 Å². The Morgan fingerprint density at radius 2 is 2.00 bits per heavy atom. The van der Waals surface area contributed by atoms with E-state index in [2.05, 4.69) is 6.92 Å². The first-order valence-corrected chi connectivity index (χ1v) is 4.23. The van der Waals surface area contributed by atoms with Crippen LogP contribution >= 0.6 is 0 Å². The first-order valence-electron chi connectivity index (χ1n) is 4.23. The first-order chi connectivity index (χ1) is 5.33. The van der Waals surface area contributed by atoms with Crippen LogP contribution in [0.15, 0.2) is 24.3 Å². The number of rotatable bonds is 3. The number of carbonyl (C=O) groups is 1. The predicted molar refractivity (Wildman–Crippen MR) is 46.3 cm³/mol. The molecule has 0 heterocycles. The molecule has 0 bridgehead atoms. The molecule has 0 fully saturated rings. The molecular formula is C10H14O. The minimum Gasteiger partial charge on any atom is -0.290 e. The molecule has 0 saturated heterocycles. The van der Waals surface area contributed by atoms with Gasteiger partial charge in [-0.05, 0) is 24.5 Å². The van der Waals surface area contributed by atoms with Crippen molar-refractivity contribution < 1.29 is 4.79 Å². The van der Waals surface area contributed by atoms with Crippen LogP contribution in [0.25, 0.3) is 0 Å². The standard InChI is InChI=1S/C10H14O/c1-2-3-4-9-5-7-10(11)8-6-9/h5-9H,2-4H2,1H3. The van der Waals surface area contributed by atoms with Gasteiger partial charge in [-0.3, -0.25) is 4.79 Å². The molecular weight excluding hydrogens is 136 g/mol. The summed E-state index contributed by atoms with van der Waals surface area (Å²) in [4.78, 5) is 10.7. The smallest absolute Gasteiger partial charge is 0.178 e. The Labute approximate surface area is 67.8 Å². The van der Waals surface area contributed by atoms with Crippen LogP contribution in [0.1, 0.15) is 26.2 Å². The molecule has 0 radical (unpaired) electrons. The summed E-state index contributed by atoms with van der Waals surface area (Å²) in [5.74, 6) is 0.630. The summed E-state index contributed by atoms with van der Waals surface area (Å²) < 4.78 is 0. The lowest BCUT2D eigenvalue weighted by atomic mass is 9.97. The molecule has 0 aromatic carbocycles. The summed E-state index contributed by atoms with van der Waals surface area (Å²) in [5, 5.41) is 0. The van der Waals surface area contributed by atoms with Gasteiger partial charge in [-0.15, -0.1) is 0 Å². The average Bonchev–Trinajstić information content (AvgIpc) is 2.04. The van der Waals surface area contributed by atoms with Crippen LogP contribution in [0.4, 0.5) is 0 Å². The highest BCUT2D eigenvalue weighted by Gasteiger charge is 2.04. The van der Waals surface area contributed by atoms with Gasteiger partial charge in [0.25, 0.3) is 0 Å². The molecule has 11 heavy (non-hydrogen) atoms. The van der Waals surface area contributed by atoms with Crippen LogP contribution in [0.2, 0.25) is 0 Å². The lowest BCUT2D eigenvalue weighted by Gasteiger charge is -2.08. The second-order valence-corrected chi connectivity index (χ2v) is 2.93. The average molecular weight is 150 g/mol. The third kappa shape index (κ3) is 2.71. The maximum Gasteiger partial charge on any atom is 0.178 e. The van der Waals surface area contributed by atoms with Crippen LogP contribution in [-0.2, 0) is 4.79 Å². The number of unbranched alkanes of at least 4 members (excludes halogenated alkanes) is 1. The van der Waals surface area contributed by atoms with Gasteiger partial charge in [-0.25, -0.2) is 0 Å². The largest absolute Gasteiger partial charge is 0.290 e. The SMILES string of the molecule is CCCCC1C=CC(=O)C=C1. The van der Waals surface area contributed by atoms with E-state index in [0.717, 1.165) is 0 Å². The van der Waals surface area contributed by atoms with Gasteiger partial charge in [-0.1, -0.05) is 31.9 Å². The zero-order valence-corrected chi connectivity index (χ0v) is 6.92. The normalized spacial score (nSPS) is 17.7. The maximum atomic E-state index is 10.7. The van der Waals surface area contributed by atoms with Gasteiger partial charge in [0.1, 0.15) is 0 Å². The molecule has 0 spiro atoms. The fraction of sp³-hybridized carbons (Fsp3) is 0.500. The molecule has 1 nitrogen and oxygen atoms in total. The van der Waals surface area contributed by atoms with Crippen molar-refractivity contribution in [3.05, 3.63) is 24.3 Å². The molecule has 60 valence electrons. The third-order valence-corrected chi connectivity index (χ3v) is 1.91. The minimum absolute atomic E-state index is 0.123. The van der Waals surface area contributed by atoms with Crippen LogP contribution in [0.3, 0.4) is 0 Å². The monoisotopic (exact) mass is 150 g/mol. The molecule has 0 aromatic heterocycles. The zero-order chi connectivity index (χ0) is 8.10. The van der Waals surface area contributed by atoms with Crippen molar-refractivity contribution in [2.75, 3.05) is 0 Å². The van der Waals surface area contributed by atoms with Gasteiger partial charge in [0.05, 0.1) is 0 Å². The quantitative estimate of drug-likeness (QED) is 0.604. The molecule has 1 aliphatic carbocycles. The molecule has 0 atom stereocenters. The maximum absolute atomic E-state index is 10.7. The topological polar surface area (TPSA) is 17.1 Å². The van der Waals surface area contributed by atoms with E-state index in [4.69, 9.17) is 0 Å². The lowest BCUT2D eigenvalue weighted by molar-refractivity contribution is -0.110. The van der Waals surface area contributed by atoms with Gasteiger partial charge in [0.2, 0.25) is 0 Å². The van der Waals surface area contributed by atoms with E-state index in [0.29, 0.717) is 5.92 Å². The van der Waals surface area contributed by atoms with Crippen LogP contribution in [-0.4, -0.2) is 5.78 Å². The zero-order valence-electron chi connectivity index (χ0n) is 6.92. The Balaban J connectivity index is 2.33. The fourth-order valence-corrected chi connectivity index (χ4v) is 1.19. The number of hydrogen-bond donors (Lipinski definition) is 0. The molecule has 1 heteroatoms. The molecule has 0 aliphatic heterocycles. The summed E-state index contributed by atoms with van der Waals surface area (Å²) in [6.07, 6.45) is 11.0. The first kappa shape index (κ1) is 8.25. The highest BCUT2D eigenvalue weighted by atomic mass is 16.1. The number of hydrogen-bond acceptors (Lipinski definition) is 1. The van der Waals surface area contributed by atoms with Crippen LogP contribution in [0, 0.1) is 5.92 Å². The fourth-order valence-electron chi connectivity index (χ4n) is 1.19. The highest BCUT2D eigenvalue weighted by Crippen LogP contribution is 2.14. The Kier molecular flexibility index (Phi) is 3.09. The molecule has 0 saturated carbocycles. The minimum atomic E-state index is 0.123. The molecule has 1 rings (SSSR count). The van der Waals surface area contributed by atoms with Gasteiger partial charge in [-0.2, -0.15) is 0 Å². The molecule has 0 N–H and O–H groups in total. The summed E-state index contributed by atoms with van der Waals surface area (Å²) >= 11 is 0. The summed E-state index contributed by atoms with van der Waals surface area (Å²) in [5.41, 5.74) is 0. The van der Waals surface area contributed by atoms with Crippen molar-refractivity contribution in [1.82, 2.24) is 0 Å². The van der Waals surface area contributed by atoms with E-state index in [-0.39, 0.29) is 5.78 Å². The number of ketones is 1. The summed E-state index contributed by atoms with van der Waals surface area (Å²) in [6, 6.07) is 0.